The number of hydrogen-bond donors (Lipinski definition) is 5. The largest absolute Gasteiger partial charge is 0.472 e. The Labute approximate surface area is 397 Å². The van der Waals surface area contributed by atoms with Crippen LogP contribution in [0.5, 0.6) is 0 Å². The first-order valence-electron chi connectivity index (χ1n) is 24.6. The van der Waals surface area contributed by atoms with E-state index in [4.69, 9.17) is 9.47 Å². The van der Waals surface area contributed by atoms with Crippen LogP contribution in [0.15, 0.2) is 60.8 Å². The van der Waals surface area contributed by atoms with Crippen LogP contribution in [0.4, 0.5) is 0 Å². The molecular weight excluding hydrogens is 890 g/mol. The van der Waals surface area contributed by atoms with Gasteiger partial charge < -0.3 is 34.6 Å². The van der Waals surface area contributed by atoms with Crippen molar-refractivity contribution in [3.63, 3.8) is 0 Å². The molecule has 0 spiro atoms. The zero-order valence-corrected chi connectivity index (χ0v) is 42.1. The van der Waals surface area contributed by atoms with Crippen molar-refractivity contribution in [1.82, 2.24) is 0 Å². The Balaban J connectivity index is 3.94. The SMILES string of the molecule is CCCCC/C=C\C/C=C\C/C=C\C/C=C\CCCC(=O)OCC(O)COP(=O)(O)OCC(O)COP(=O)(O)OCC(O)COC(=O)CCCCCCCCC/C=C/CCCCCCCC. The summed E-state index contributed by atoms with van der Waals surface area (Å²) < 4.78 is 53.0. The zero-order chi connectivity index (χ0) is 48.8. The van der Waals surface area contributed by atoms with Crippen molar-refractivity contribution < 1.29 is 71.4 Å². The van der Waals surface area contributed by atoms with Crippen molar-refractivity contribution in [3.8, 4) is 0 Å². The summed E-state index contributed by atoms with van der Waals surface area (Å²) in [5.74, 6) is -1.05. The molecule has 15 nitrogen and oxygen atoms in total. The van der Waals surface area contributed by atoms with E-state index in [2.05, 4.69) is 80.6 Å². The molecule has 0 rings (SSSR count). The number of unbranched alkanes of at least 4 members (excludes halogenated alkanes) is 17. The quantitative estimate of drug-likeness (QED) is 0.0165. The van der Waals surface area contributed by atoms with Crippen LogP contribution in [-0.4, -0.2) is 95.0 Å². The molecule has 384 valence electrons. The standard InChI is InChI=1S/C49H88O15P2/c1-3-5-7-9-11-13-15-17-19-21-23-25-27-29-31-33-35-37-48(53)59-39-45(50)41-61-65(55,56)63-43-47(52)44-64-66(57,58)62-42-46(51)40-60-49(54)38-36-34-32-30-28-26-24-22-20-18-16-14-12-10-8-6-4-2/h11,13,17-20,23,25,29,31,45-47,50-52H,3-10,12,14-16,21-22,24,26-28,30,32-44H2,1-2H3,(H,55,56)(H,57,58)/b13-11-,19-17-,20-18+,25-23-,31-29-. The van der Waals surface area contributed by atoms with Gasteiger partial charge in [-0.1, -0.05) is 152 Å². The first-order chi connectivity index (χ1) is 31.8. The van der Waals surface area contributed by atoms with E-state index >= 15 is 0 Å². The molecule has 0 radical (unpaired) electrons. The van der Waals surface area contributed by atoms with Crippen LogP contribution in [0, 0.1) is 0 Å². The lowest BCUT2D eigenvalue weighted by molar-refractivity contribution is -0.148. The number of carbonyl (C=O) groups excluding carboxylic acids is 2. The molecule has 5 atom stereocenters. The average molecular weight is 979 g/mol. The summed E-state index contributed by atoms with van der Waals surface area (Å²) in [5, 5.41) is 30.0. The molecule has 66 heavy (non-hydrogen) atoms. The molecule has 0 aromatic carbocycles. The van der Waals surface area contributed by atoms with E-state index in [0.29, 0.717) is 19.3 Å². The summed E-state index contributed by atoms with van der Waals surface area (Å²) in [6.07, 6.45) is 43.5. The number of esters is 2. The summed E-state index contributed by atoms with van der Waals surface area (Å²) in [5.41, 5.74) is 0. The Morgan fingerprint density at radius 2 is 0.667 bits per heavy atom. The highest BCUT2D eigenvalue weighted by molar-refractivity contribution is 7.47. The third kappa shape index (κ3) is 46.8. The van der Waals surface area contributed by atoms with E-state index in [0.717, 1.165) is 57.8 Å². The second-order valence-electron chi connectivity index (χ2n) is 16.5. The molecule has 0 saturated heterocycles. The Hall–Kier alpha value is -2.26. The molecule has 0 bridgehead atoms. The molecule has 0 saturated carbocycles. The topological polar surface area (TPSA) is 225 Å². The lowest BCUT2D eigenvalue weighted by atomic mass is 10.1. The summed E-state index contributed by atoms with van der Waals surface area (Å²) >= 11 is 0. The fraction of sp³-hybridized carbons (Fsp3) is 0.755. The van der Waals surface area contributed by atoms with Crippen molar-refractivity contribution in [1.29, 1.82) is 0 Å². The van der Waals surface area contributed by atoms with Crippen molar-refractivity contribution in [2.24, 2.45) is 0 Å². The first kappa shape index (κ1) is 63.7. The number of hydrogen-bond acceptors (Lipinski definition) is 13. The molecule has 0 fully saturated rings. The molecule has 0 aliphatic rings. The maximum atomic E-state index is 12.2. The van der Waals surface area contributed by atoms with Crippen molar-refractivity contribution in [2.45, 2.75) is 199 Å². The average Bonchev–Trinajstić information content (AvgIpc) is 3.29. The fourth-order valence-corrected chi connectivity index (χ4v) is 7.67. The maximum absolute atomic E-state index is 12.2. The normalized spacial score (nSPS) is 15.6. The predicted molar refractivity (Wildman–Crippen MR) is 260 cm³/mol. The van der Waals surface area contributed by atoms with Crippen LogP contribution in [-0.2, 0) is 46.3 Å². The van der Waals surface area contributed by atoms with Gasteiger partial charge in [-0.2, -0.15) is 0 Å². The molecular formula is C49H88O15P2. The highest BCUT2D eigenvalue weighted by atomic mass is 31.2. The lowest BCUT2D eigenvalue weighted by Crippen LogP contribution is -2.25. The van der Waals surface area contributed by atoms with Gasteiger partial charge in [0.25, 0.3) is 0 Å². The summed E-state index contributed by atoms with van der Waals surface area (Å²) in [4.78, 5) is 43.7. The third-order valence-electron chi connectivity index (χ3n) is 9.95. The Bertz CT molecular complexity index is 1420. The highest BCUT2D eigenvalue weighted by Crippen LogP contribution is 2.45. The predicted octanol–water partition coefficient (Wildman–Crippen LogP) is 11.4. The van der Waals surface area contributed by atoms with Crippen molar-refractivity contribution in [3.05, 3.63) is 60.8 Å². The van der Waals surface area contributed by atoms with Gasteiger partial charge in [0.15, 0.2) is 0 Å². The molecule has 17 heteroatoms. The van der Waals surface area contributed by atoms with Crippen LogP contribution >= 0.6 is 15.6 Å². The smallest absolute Gasteiger partial charge is 0.463 e. The van der Waals surface area contributed by atoms with Crippen molar-refractivity contribution >= 4 is 27.6 Å². The molecule has 0 aromatic heterocycles. The first-order valence-corrected chi connectivity index (χ1v) is 27.6. The minimum atomic E-state index is -4.80. The van der Waals surface area contributed by atoms with Gasteiger partial charge in [0.2, 0.25) is 0 Å². The molecule has 5 N–H and O–H groups in total. The number of carbonyl (C=O) groups is 2. The monoisotopic (exact) mass is 979 g/mol. The second-order valence-corrected chi connectivity index (χ2v) is 19.4. The van der Waals surface area contributed by atoms with Crippen LogP contribution in [0.2, 0.25) is 0 Å². The molecule has 0 aliphatic heterocycles. The third-order valence-corrected chi connectivity index (χ3v) is 11.8. The number of phosphoric ester groups is 2. The summed E-state index contributed by atoms with van der Waals surface area (Å²) in [6.45, 7) is 0.317. The van der Waals surface area contributed by atoms with Crippen LogP contribution < -0.4 is 0 Å². The molecule has 0 heterocycles. The lowest BCUT2D eigenvalue weighted by Gasteiger charge is -2.19. The Morgan fingerprint density at radius 1 is 0.394 bits per heavy atom. The highest BCUT2D eigenvalue weighted by Gasteiger charge is 2.28. The number of allylic oxidation sites excluding steroid dienone is 10. The van der Waals surface area contributed by atoms with E-state index in [9.17, 15) is 43.8 Å². The molecule has 5 unspecified atom stereocenters. The number of phosphoric acid groups is 2. The Morgan fingerprint density at radius 3 is 1.08 bits per heavy atom. The van der Waals surface area contributed by atoms with E-state index in [-0.39, 0.29) is 12.8 Å². The second kappa shape index (κ2) is 45.2. The van der Waals surface area contributed by atoms with Gasteiger partial charge in [-0.05, 0) is 77.0 Å². The fourth-order valence-electron chi connectivity index (χ4n) is 6.08. The summed E-state index contributed by atoms with van der Waals surface area (Å²) in [6, 6.07) is 0. The number of ether oxygens (including phenoxy) is 2. The van der Waals surface area contributed by atoms with Gasteiger partial charge in [0, 0.05) is 12.8 Å². The number of rotatable bonds is 47. The van der Waals surface area contributed by atoms with Crippen molar-refractivity contribution in [2.75, 3.05) is 39.6 Å². The Kier molecular flexibility index (Phi) is 43.7. The van der Waals surface area contributed by atoms with E-state index in [1.165, 1.54) is 77.0 Å². The van der Waals surface area contributed by atoms with Gasteiger partial charge in [-0.3, -0.25) is 27.7 Å². The van der Waals surface area contributed by atoms with E-state index < -0.39 is 85.5 Å². The molecule has 0 aliphatic carbocycles. The van der Waals surface area contributed by atoms with Gasteiger partial charge in [0.05, 0.1) is 26.4 Å². The molecule has 0 amide bonds. The van der Waals surface area contributed by atoms with E-state index in [1.807, 2.05) is 12.2 Å². The van der Waals surface area contributed by atoms with Gasteiger partial charge in [-0.15, -0.1) is 0 Å². The van der Waals surface area contributed by atoms with E-state index in [1.54, 1.807) is 0 Å². The molecule has 0 aromatic rings. The summed E-state index contributed by atoms with van der Waals surface area (Å²) in [7, 11) is -9.59. The number of aliphatic hydroxyl groups excluding tert-OH is 3. The number of aliphatic hydroxyl groups is 3. The maximum Gasteiger partial charge on any atom is 0.472 e. The van der Waals surface area contributed by atoms with Crippen LogP contribution in [0.25, 0.3) is 0 Å². The van der Waals surface area contributed by atoms with Crippen LogP contribution in [0.3, 0.4) is 0 Å². The minimum Gasteiger partial charge on any atom is -0.463 e. The van der Waals surface area contributed by atoms with Gasteiger partial charge in [0.1, 0.15) is 31.5 Å². The van der Waals surface area contributed by atoms with Gasteiger partial charge in [-0.25, -0.2) is 9.13 Å². The minimum absolute atomic E-state index is 0.119. The zero-order valence-electron chi connectivity index (χ0n) is 40.3. The van der Waals surface area contributed by atoms with Gasteiger partial charge >= 0.3 is 27.6 Å². The van der Waals surface area contributed by atoms with Crippen LogP contribution in [0.1, 0.15) is 181 Å².